The monoisotopic (exact) mass is 295 g/mol. The first-order chi connectivity index (χ1) is 9.17. The van der Waals surface area contributed by atoms with Crippen LogP contribution in [0, 0.1) is 0 Å². The third-order valence-corrected chi connectivity index (χ3v) is 4.29. The third kappa shape index (κ3) is 3.07. The van der Waals surface area contributed by atoms with E-state index in [0.717, 1.165) is 28.5 Å². The molecule has 1 aromatic carbocycles. The second kappa shape index (κ2) is 6.35. The lowest BCUT2D eigenvalue weighted by Crippen LogP contribution is -2.06. The minimum absolute atomic E-state index is 0.680. The van der Waals surface area contributed by atoms with E-state index in [1.54, 1.807) is 11.8 Å². The standard InChI is InChI=1S/C14H18ClN3S/c1-4-10-14(15)12(18(2)17-10)9-16-11-7-5-6-8-13(11)19-3/h5-8,16H,4,9H2,1-3H3. The van der Waals surface area contributed by atoms with E-state index in [-0.39, 0.29) is 0 Å². The van der Waals surface area contributed by atoms with Crippen molar-refractivity contribution in [2.24, 2.45) is 7.05 Å². The van der Waals surface area contributed by atoms with Crippen LogP contribution in [0.4, 0.5) is 5.69 Å². The molecule has 2 rings (SSSR count). The highest BCUT2D eigenvalue weighted by Gasteiger charge is 2.12. The predicted octanol–water partition coefficient (Wildman–Crippen LogP) is 3.97. The molecule has 0 unspecified atom stereocenters. The first kappa shape index (κ1) is 14.3. The molecular weight excluding hydrogens is 278 g/mol. The molecule has 0 spiro atoms. The smallest absolute Gasteiger partial charge is 0.0868 e. The molecule has 1 aromatic heterocycles. The summed E-state index contributed by atoms with van der Waals surface area (Å²) in [6.07, 6.45) is 2.93. The van der Waals surface area contributed by atoms with Crippen molar-refractivity contribution in [3.05, 3.63) is 40.7 Å². The van der Waals surface area contributed by atoms with Crippen LogP contribution in [0.2, 0.25) is 5.02 Å². The number of halogens is 1. The van der Waals surface area contributed by atoms with E-state index in [4.69, 9.17) is 11.6 Å². The number of para-hydroxylation sites is 1. The van der Waals surface area contributed by atoms with Gasteiger partial charge in [0.2, 0.25) is 0 Å². The van der Waals surface area contributed by atoms with Crippen molar-refractivity contribution < 1.29 is 0 Å². The highest BCUT2D eigenvalue weighted by Crippen LogP contribution is 2.26. The molecule has 0 atom stereocenters. The molecule has 0 aliphatic carbocycles. The number of rotatable bonds is 5. The molecule has 1 heterocycles. The van der Waals surface area contributed by atoms with Crippen LogP contribution >= 0.6 is 23.4 Å². The number of aromatic nitrogens is 2. The van der Waals surface area contributed by atoms with E-state index < -0.39 is 0 Å². The molecule has 0 bridgehead atoms. The molecule has 0 saturated heterocycles. The number of hydrogen-bond acceptors (Lipinski definition) is 3. The van der Waals surface area contributed by atoms with E-state index in [9.17, 15) is 0 Å². The van der Waals surface area contributed by atoms with Gasteiger partial charge in [0.05, 0.1) is 23.0 Å². The molecule has 102 valence electrons. The Morgan fingerprint density at radius 1 is 1.37 bits per heavy atom. The van der Waals surface area contributed by atoms with E-state index in [1.807, 2.05) is 23.9 Å². The Kier molecular flexibility index (Phi) is 4.77. The van der Waals surface area contributed by atoms with Crippen molar-refractivity contribution in [3.8, 4) is 0 Å². The Balaban J connectivity index is 2.17. The van der Waals surface area contributed by atoms with Crippen LogP contribution in [-0.2, 0) is 20.0 Å². The van der Waals surface area contributed by atoms with Gasteiger partial charge in [-0.25, -0.2) is 0 Å². The average Bonchev–Trinajstić information content (AvgIpc) is 2.71. The van der Waals surface area contributed by atoms with Gasteiger partial charge in [-0.2, -0.15) is 5.10 Å². The third-order valence-electron chi connectivity index (χ3n) is 3.06. The fourth-order valence-corrected chi connectivity index (χ4v) is 2.92. The van der Waals surface area contributed by atoms with Gasteiger partial charge in [-0.1, -0.05) is 30.7 Å². The maximum atomic E-state index is 6.34. The molecule has 19 heavy (non-hydrogen) atoms. The second-order valence-electron chi connectivity index (χ2n) is 4.24. The normalized spacial score (nSPS) is 10.7. The van der Waals surface area contributed by atoms with Crippen LogP contribution in [0.15, 0.2) is 29.2 Å². The summed E-state index contributed by atoms with van der Waals surface area (Å²) < 4.78 is 1.86. The van der Waals surface area contributed by atoms with E-state index in [2.05, 4.69) is 35.7 Å². The number of hydrogen-bond donors (Lipinski definition) is 1. The topological polar surface area (TPSA) is 29.9 Å². The van der Waals surface area contributed by atoms with Crippen molar-refractivity contribution in [1.29, 1.82) is 0 Å². The Morgan fingerprint density at radius 3 is 2.74 bits per heavy atom. The van der Waals surface area contributed by atoms with Gasteiger partial charge in [0.25, 0.3) is 0 Å². The summed E-state index contributed by atoms with van der Waals surface area (Å²) in [6.45, 7) is 2.74. The zero-order chi connectivity index (χ0) is 13.8. The fourth-order valence-electron chi connectivity index (χ4n) is 1.98. The zero-order valence-electron chi connectivity index (χ0n) is 11.4. The summed E-state index contributed by atoms with van der Waals surface area (Å²) in [5.74, 6) is 0. The number of nitrogens with zero attached hydrogens (tertiary/aromatic N) is 2. The lowest BCUT2D eigenvalue weighted by atomic mass is 10.3. The van der Waals surface area contributed by atoms with Gasteiger partial charge in [-0.15, -0.1) is 11.8 Å². The molecule has 0 radical (unpaired) electrons. The van der Waals surface area contributed by atoms with Crippen LogP contribution in [0.25, 0.3) is 0 Å². The van der Waals surface area contributed by atoms with Gasteiger partial charge in [0, 0.05) is 17.6 Å². The second-order valence-corrected chi connectivity index (χ2v) is 5.46. The Hall–Kier alpha value is -1.13. The average molecular weight is 296 g/mol. The predicted molar refractivity (Wildman–Crippen MR) is 83.1 cm³/mol. The maximum Gasteiger partial charge on any atom is 0.0868 e. The summed E-state index contributed by atoms with van der Waals surface area (Å²) in [5.41, 5.74) is 3.11. The minimum Gasteiger partial charge on any atom is -0.378 e. The van der Waals surface area contributed by atoms with Crippen LogP contribution < -0.4 is 5.32 Å². The van der Waals surface area contributed by atoms with Gasteiger partial charge in [-0.3, -0.25) is 4.68 Å². The molecule has 2 aromatic rings. The van der Waals surface area contributed by atoms with Gasteiger partial charge in [0.1, 0.15) is 0 Å². The summed E-state index contributed by atoms with van der Waals surface area (Å²) in [5, 5.41) is 8.63. The van der Waals surface area contributed by atoms with Crippen molar-refractivity contribution >= 4 is 29.1 Å². The Bertz CT molecular complexity index is 566. The van der Waals surface area contributed by atoms with Crippen molar-refractivity contribution in [1.82, 2.24) is 9.78 Å². The summed E-state index contributed by atoms with van der Waals surface area (Å²) in [4.78, 5) is 1.23. The number of anilines is 1. The maximum absolute atomic E-state index is 6.34. The van der Waals surface area contributed by atoms with Crippen molar-refractivity contribution in [3.63, 3.8) is 0 Å². The largest absolute Gasteiger partial charge is 0.378 e. The SMILES string of the molecule is CCc1nn(C)c(CNc2ccccc2SC)c1Cl. The lowest BCUT2D eigenvalue weighted by molar-refractivity contribution is 0.706. The minimum atomic E-state index is 0.680. The molecule has 5 heteroatoms. The van der Waals surface area contributed by atoms with Gasteiger partial charge < -0.3 is 5.32 Å². The number of nitrogens with one attached hydrogen (secondary N) is 1. The molecular formula is C14H18ClN3S. The van der Waals surface area contributed by atoms with Crippen LogP contribution in [0.1, 0.15) is 18.3 Å². The van der Waals surface area contributed by atoms with E-state index in [1.165, 1.54) is 4.90 Å². The van der Waals surface area contributed by atoms with Crippen LogP contribution in [0.3, 0.4) is 0 Å². The molecule has 0 saturated carbocycles. The molecule has 1 N–H and O–H groups in total. The molecule has 0 aliphatic heterocycles. The van der Waals surface area contributed by atoms with Gasteiger partial charge in [0.15, 0.2) is 0 Å². The first-order valence-electron chi connectivity index (χ1n) is 6.24. The van der Waals surface area contributed by atoms with Gasteiger partial charge >= 0.3 is 0 Å². The summed E-state index contributed by atoms with van der Waals surface area (Å²) >= 11 is 8.07. The zero-order valence-corrected chi connectivity index (χ0v) is 13.0. The highest BCUT2D eigenvalue weighted by atomic mass is 35.5. The first-order valence-corrected chi connectivity index (χ1v) is 7.84. The lowest BCUT2D eigenvalue weighted by Gasteiger charge is -2.10. The molecule has 3 nitrogen and oxygen atoms in total. The van der Waals surface area contributed by atoms with E-state index in [0.29, 0.717) is 6.54 Å². The van der Waals surface area contributed by atoms with Gasteiger partial charge in [-0.05, 0) is 24.8 Å². The molecule has 0 fully saturated rings. The van der Waals surface area contributed by atoms with Crippen molar-refractivity contribution in [2.45, 2.75) is 24.8 Å². The van der Waals surface area contributed by atoms with Crippen LogP contribution in [0.5, 0.6) is 0 Å². The molecule has 0 amide bonds. The Labute approximate surface area is 123 Å². The number of aryl methyl sites for hydroxylation is 2. The quantitative estimate of drug-likeness (QED) is 0.847. The van der Waals surface area contributed by atoms with E-state index >= 15 is 0 Å². The van der Waals surface area contributed by atoms with Crippen LogP contribution in [-0.4, -0.2) is 16.0 Å². The fraction of sp³-hybridized carbons (Fsp3) is 0.357. The molecule has 0 aliphatic rings. The number of benzene rings is 1. The van der Waals surface area contributed by atoms with Crippen molar-refractivity contribution in [2.75, 3.05) is 11.6 Å². The highest BCUT2D eigenvalue weighted by molar-refractivity contribution is 7.98. The summed E-state index contributed by atoms with van der Waals surface area (Å²) in [7, 11) is 1.93. The summed E-state index contributed by atoms with van der Waals surface area (Å²) in [6, 6.07) is 8.26. The Morgan fingerprint density at radius 2 is 2.11 bits per heavy atom. The number of thioether (sulfide) groups is 1.